The van der Waals surface area contributed by atoms with Crippen LogP contribution in [-0.4, -0.2) is 34.0 Å². The molecule has 1 N–H and O–H groups in total. The Hall–Kier alpha value is -2.21. The fourth-order valence-electron chi connectivity index (χ4n) is 2.42. The summed E-state index contributed by atoms with van der Waals surface area (Å²) in [5.41, 5.74) is 1.81. The lowest BCUT2D eigenvalue weighted by molar-refractivity contribution is 0.0748. The number of likely N-dealkylation sites (N-methyl/N-ethyl adjacent to an activating group) is 1. The summed E-state index contributed by atoms with van der Waals surface area (Å²) in [5, 5.41) is 7.08. The van der Waals surface area contributed by atoms with Crippen molar-refractivity contribution in [2.24, 2.45) is 0 Å². The molecule has 0 spiro atoms. The average Bonchev–Trinajstić information content (AvgIpc) is 3.05. The summed E-state index contributed by atoms with van der Waals surface area (Å²) in [6.45, 7) is 3.00. The number of hydrogen-bond donors (Lipinski definition) is 1. The van der Waals surface area contributed by atoms with Crippen LogP contribution >= 0.6 is 0 Å². The fraction of sp³-hybridized carbons (Fsp3) is 0.400. The largest absolute Gasteiger partial charge is 0.337 e. The Morgan fingerprint density at radius 2 is 2.24 bits per heavy atom. The molecule has 1 atom stereocenters. The van der Waals surface area contributed by atoms with Crippen molar-refractivity contribution in [2.45, 2.75) is 32.5 Å². The molecule has 21 heavy (non-hydrogen) atoms. The monoisotopic (exact) mass is 286 g/mol. The molecular formula is C15H18N4O2. The van der Waals surface area contributed by atoms with Gasteiger partial charge >= 0.3 is 0 Å². The zero-order chi connectivity index (χ0) is 14.8. The molecule has 110 valence electrons. The average molecular weight is 286 g/mol. The summed E-state index contributed by atoms with van der Waals surface area (Å²) < 4.78 is 5.24. The van der Waals surface area contributed by atoms with E-state index in [0.29, 0.717) is 31.2 Å². The molecule has 1 aromatic carbocycles. The topological polar surface area (TPSA) is 71.3 Å². The first kappa shape index (κ1) is 13.8. The maximum atomic E-state index is 12.3. The fourth-order valence-corrected chi connectivity index (χ4v) is 2.42. The van der Waals surface area contributed by atoms with Crippen molar-refractivity contribution in [3.8, 4) is 0 Å². The molecule has 1 amide bonds. The van der Waals surface area contributed by atoms with Gasteiger partial charge in [-0.2, -0.15) is 4.98 Å². The van der Waals surface area contributed by atoms with Crippen molar-refractivity contribution < 1.29 is 9.32 Å². The van der Waals surface area contributed by atoms with Crippen molar-refractivity contribution in [1.82, 2.24) is 20.4 Å². The van der Waals surface area contributed by atoms with E-state index in [1.807, 2.05) is 31.3 Å². The number of fused-ring (bicyclic) bond motifs is 1. The zero-order valence-corrected chi connectivity index (χ0v) is 12.2. The molecule has 0 aliphatic carbocycles. The Balaban J connectivity index is 1.67. The number of benzene rings is 1. The molecule has 2 aromatic rings. The Kier molecular flexibility index (Phi) is 3.70. The summed E-state index contributed by atoms with van der Waals surface area (Å²) in [7, 11) is 1.89. The van der Waals surface area contributed by atoms with Gasteiger partial charge in [0.1, 0.15) is 6.54 Å². The number of carbonyl (C=O) groups excluding carboxylic acids is 1. The van der Waals surface area contributed by atoms with Gasteiger partial charge in [0.15, 0.2) is 5.82 Å². The maximum Gasteiger partial charge on any atom is 0.254 e. The lowest BCUT2D eigenvalue weighted by Gasteiger charge is -2.11. The summed E-state index contributed by atoms with van der Waals surface area (Å²) in [6, 6.07) is 7.93. The van der Waals surface area contributed by atoms with E-state index in [0.717, 1.165) is 11.1 Å². The van der Waals surface area contributed by atoms with Gasteiger partial charge in [-0.15, -0.1) is 0 Å². The predicted octanol–water partition coefficient (Wildman–Crippen LogP) is 1.38. The van der Waals surface area contributed by atoms with E-state index < -0.39 is 0 Å². The second kappa shape index (κ2) is 5.65. The number of amides is 1. The van der Waals surface area contributed by atoms with Gasteiger partial charge in [0.05, 0.1) is 0 Å². The Bertz CT molecular complexity index is 653. The number of aromatic nitrogens is 2. The number of rotatable bonds is 5. The lowest BCUT2D eigenvalue weighted by Crippen LogP contribution is -2.24. The second-order valence-electron chi connectivity index (χ2n) is 5.32. The highest BCUT2D eigenvalue weighted by Crippen LogP contribution is 2.23. The van der Waals surface area contributed by atoms with Crippen LogP contribution in [0.5, 0.6) is 0 Å². The highest BCUT2D eigenvalue weighted by molar-refractivity contribution is 5.98. The molecule has 2 heterocycles. The Labute approximate surface area is 123 Å². The molecule has 0 saturated heterocycles. The van der Waals surface area contributed by atoms with Crippen LogP contribution in [0, 0.1) is 0 Å². The number of carbonyl (C=O) groups is 1. The minimum absolute atomic E-state index is 0.0222. The van der Waals surface area contributed by atoms with Crippen LogP contribution in [0.2, 0.25) is 0 Å². The van der Waals surface area contributed by atoms with Gasteiger partial charge in [-0.25, -0.2) is 0 Å². The minimum atomic E-state index is 0.0222. The van der Waals surface area contributed by atoms with E-state index in [9.17, 15) is 4.79 Å². The third-order valence-corrected chi connectivity index (χ3v) is 3.71. The van der Waals surface area contributed by atoms with Crippen molar-refractivity contribution >= 4 is 5.91 Å². The van der Waals surface area contributed by atoms with E-state index >= 15 is 0 Å². The quantitative estimate of drug-likeness (QED) is 0.899. The summed E-state index contributed by atoms with van der Waals surface area (Å²) >= 11 is 0. The first-order valence-corrected chi connectivity index (χ1v) is 7.03. The van der Waals surface area contributed by atoms with E-state index in [2.05, 4.69) is 22.4 Å². The minimum Gasteiger partial charge on any atom is -0.337 e. The third kappa shape index (κ3) is 2.80. The van der Waals surface area contributed by atoms with Crippen LogP contribution in [0.15, 0.2) is 28.8 Å². The van der Waals surface area contributed by atoms with Gasteiger partial charge in [-0.1, -0.05) is 23.4 Å². The summed E-state index contributed by atoms with van der Waals surface area (Å²) in [4.78, 5) is 18.3. The normalized spacial score (nSPS) is 15.3. The van der Waals surface area contributed by atoms with Crippen LogP contribution in [0.25, 0.3) is 0 Å². The van der Waals surface area contributed by atoms with Crippen molar-refractivity contribution in [3.63, 3.8) is 0 Å². The molecule has 3 rings (SSSR count). The van der Waals surface area contributed by atoms with E-state index in [1.165, 1.54) is 0 Å². The van der Waals surface area contributed by atoms with Crippen LogP contribution in [0.1, 0.15) is 34.6 Å². The molecule has 0 fully saturated rings. The van der Waals surface area contributed by atoms with Crippen LogP contribution in [-0.2, 0) is 19.5 Å². The number of nitrogens with zero attached hydrogens (tertiary/aromatic N) is 3. The molecule has 1 aliphatic heterocycles. The second-order valence-corrected chi connectivity index (χ2v) is 5.32. The van der Waals surface area contributed by atoms with Crippen molar-refractivity contribution in [3.05, 3.63) is 47.1 Å². The van der Waals surface area contributed by atoms with Crippen LogP contribution in [0.4, 0.5) is 0 Å². The lowest BCUT2D eigenvalue weighted by atomic mass is 10.1. The van der Waals surface area contributed by atoms with Crippen LogP contribution in [0.3, 0.4) is 0 Å². The summed E-state index contributed by atoms with van der Waals surface area (Å²) in [5.74, 6) is 1.17. The molecule has 0 bridgehead atoms. The first-order valence-electron chi connectivity index (χ1n) is 7.03. The molecule has 0 saturated carbocycles. The third-order valence-electron chi connectivity index (χ3n) is 3.71. The highest BCUT2D eigenvalue weighted by Gasteiger charge is 2.28. The molecule has 1 aliphatic rings. The molecule has 6 nitrogen and oxygen atoms in total. The van der Waals surface area contributed by atoms with Gasteiger partial charge < -0.3 is 14.7 Å². The molecular weight excluding hydrogens is 268 g/mol. The van der Waals surface area contributed by atoms with Gasteiger partial charge in [-0.05, 0) is 25.6 Å². The molecule has 1 unspecified atom stereocenters. The maximum absolute atomic E-state index is 12.3. The smallest absolute Gasteiger partial charge is 0.254 e. The summed E-state index contributed by atoms with van der Waals surface area (Å²) in [6.07, 6.45) is 0.703. The SMILES string of the molecule is CNC(C)Cc1noc(CN2Cc3ccccc3C2=O)n1. The standard InChI is InChI=1S/C15H18N4O2/c1-10(16-2)7-13-17-14(21-18-13)9-19-8-11-5-3-4-6-12(11)15(19)20/h3-6,10,16H,7-9H2,1-2H3. The number of nitrogens with one attached hydrogen (secondary N) is 1. The van der Waals surface area contributed by atoms with E-state index in [1.54, 1.807) is 4.90 Å². The Morgan fingerprint density at radius 1 is 1.43 bits per heavy atom. The van der Waals surface area contributed by atoms with Crippen molar-refractivity contribution in [1.29, 1.82) is 0 Å². The van der Waals surface area contributed by atoms with Crippen LogP contribution < -0.4 is 5.32 Å². The van der Waals surface area contributed by atoms with Gasteiger partial charge in [0.2, 0.25) is 5.89 Å². The predicted molar refractivity (Wildman–Crippen MR) is 76.5 cm³/mol. The molecule has 6 heteroatoms. The molecule has 1 aromatic heterocycles. The van der Waals surface area contributed by atoms with Crippen molar-refractivity contribution in [2.75, 3.05) is 7.05 Å². The number of hydrogen-bond acceptors (Lipinski definition) is 5. The highest BCUT2D eigenvalue weighted by atomic mass is 16.5. The molecule has 0 radical (unpaired) electrons. The van der Waals surface area contributed by atoms with Gasteiger partial charge in [-0.3, -0.25) is 4.79 Å². The van der Waals surface area contributed by atoms with E-state index in [-0.39, 0.29) is 11.9 Å². The van der Waals surface area contributed by atoms with Gasteiger partial charge in [0.25, 0.3) is 5.91 Å². The first-order chi connectivity index (χ1) is 10.2. The zero-order valence-electron chi connectivity index (χ0n) is 12.2. The van der Waals surface area contributed by atoms with Gasteiger partial charge in [0, 0.05) is 24.6 Å². The van der Waals surface area contributed by atoms with E-state index in [4.69, 9.17) is 4.52 Å². The Morgan fingerprint density at radius 3 is 3.00 bits per heavy atom.